The number of rotatable bonds is 6. The van der Waals surface area contributed by atoms with Gasteiger partial charge in [-0.05, 0) is 56.7 Å². The van der Waals surface area contributed by atoms with E-state index in [9.17, 15) is 0 Å². The maximum atomic E-state index is 6.15. The molecular weight excluding hydrogens is 266 g/mol. The van der Waals surface area contributed by atoms with Crippen LogP contribution < -0.4 is 0 Å². The standard InChI is InChI=1S/C18H22ClN/c1-20(2)13-7-12-18(15-8-4-3-5-9-15)16-10-6-11-17(19)14-16/h3-6,8-11,14,18H,7,12-13H2,1-2H3. The highest BCUT2D eigenvalue weighted by molar-refractivity contribution is 6.30. The van der Waals surface area contributed by atoms with Crippen LogP contribution in [-0.4, -0.2) is 25.5 Å². The third kappa shape index (κ3) is 4.36. The molecule has 0 saturated carbocycles. The molecule has 106 valence electrons. The van der Waals surface area contributed by atoms with E-state index >= 15 is 0 Å². The summed E-state index contributed by atoms with van der Waals surface area (Å²) in [6.07, 6.45) is 2.32. The summed E-state index contributed by atoms with van der Waals surface area (Å²) < 4.78 is 0. The van der Waals surface area contributed by atoms with Crippen LogP contribution in [0.2, 0.25) is 5.02 Å². The molecule has 2 heteroatoms. The molecule has 0 fully saturated rings. The van der Waals surface area contributed by atoms with E-state index in [-0.39, 0.29) is 0 Å². The highest BCUT2D eigenvalue weighted by Gasteiger charge is 2.14. The lowest BCUT2D eigenvalue weighted by atomic mass is 9.87. The van der Waals surface area contributed by atoms with Gasteiger partial charge in [-0.2, -0.15) is 0 Å². The summed E-state index contributed by atoms with van der Waals surface area (Å²) in [7, 11) is 4.24. The fraction of sp³-hybridized carbons (Fsp3) is 0.333. The van der Waals surface area contributed by atoms with Gasteiger partial charge in [-0.3, -0.25) is 0 Å². The lowest BCUT2D eigenvalue weighted by molar-refractivity contribution is 0.390. The van der Waals surface area contributed by atoms with Crippen molar-refractivity contribution in [2.24, 2.45) is 0 Å². The zero-order valence-electron chi connectivity index (χ0n) is 12.2. The minimum atomic E-state index is 0.426. The Labute approximate surface area is 127 Å². The highest BCUT2D eigenvalue weighted by Crippen LogP contribution is 2.30. The summed E-state index contributed by atoms with van der Waals surface area (Å²) in [5.74, 6) is 0.426. The van der Waals surface area contributed by atoms with Gasteiger partial charge in [-0.1, -0.05) is 54.1 Å². The molecule has 1 unspecified atom stereocenters. The van der Waals surface area contributed by atoms with E-state index in [0.717, 1.165) is 18.0 Å². The Bertz CT molecular complexity index is 522. The Morgan fingerprint density at radius 3 is 2.30 bits per heavy atom. The lowest BCUT2D eigenvalue weighted by Crippen LogP contribution is -2.14. The van der Waals surface area contributed by atoms with E-state index < -0.39 is 0 Å². The summed E-state index contributed by atoms with van der Waals surface area (Å²) in [5.41, 5.74) is 2.68. The molecule has 20 heavy (non-hydrogen) atoms. The van der Waals surface area contributed by atoms with Gasteiger partial charge in [0.2, 0.25) is 0 Å². The number of hydrogen-bond donors (Lipinski definition) is 0. The van der Waals surface area contributed by atoms with Gasteiger partial charge in [-0.25, -0.2) is 0 Å². The quantitative estimate of drug-likeness (QED) is 0.737. The molecule has 0 aromatic heterocycles. The van der Waals surface area contributed by atoms with E-state index in [1.807, 2.05) is 12.1 Å². The highest BCUT2D eigenvalue weighted by atomic mass is 35.5. The van der Waals surface area contributed by atoms with Gasteiger partial charge >= 0.3 is 0 Å². The predicted molar refractivity (Wildman–Crippen MR) is 87.5 cm³/mol. The van der Waals surface area contributed by atoms with Crippen LogP contribution in [0, 0.1) is 0 Å². The average molecular weight is 288 g/mol. The molecule has 0 heterocycles. The maximum absolute atomic E-state index is 6.15. The topological polar surface area (TPSA) is 3.24 Å². The SMILES string of the molecule is CN(C)CCCC(c1ccccc1)c1cccc(Cl)c1. The van der Waals surface area contributed by atoms with Crippen LogP contribution >= 0.6 is 11.6 Å². The van der Waals surface area contributed by atoms with E-state index in [0.29, 0.717) is 5.92 Å². The lowest BCUT2D eigenvalue weighted by Gasteiger charge is -2.19. The zero-order valence-corrected chi connectivity index (χ0v) is 13.0. The van der Waals surface area contributed by atoms with Crippen molar-refractivity contribution < 1.29 is 0 Å². The first kappa shape index (κ1) is 15.1. The number of halogens is 1. The molecule has 1 nitrogen and oxygen atoms in total. The van der Waals surface area contributed by atoms with Crippen molar-refractivity contribution in [3.8, 4) is 0 Å². The zero-order chi connectivity index (χ0) is 14.4. The van der Waals surface area contributed by atoms with Crippen molar-refractivity contribution in [3.63, 3.8) is 0 Å². The smallest absolute Gasteiger partial charge is 0.0408 e. The Kier molecular flexibility index (Phi) is 5.63. The molecule has 2 aromatic carbocycles. The molecular formula is C18H22ClN. The molecule has 0 bridgehead atoms. The molecule has 2 rings (SSSR count). The molecule has 0 aliphatic rings. The largest absolute Gasteiger partial charge is 0.309 e. The van der Waals surface area contributed by atoms with Crippen LogP contribution in [0.5, 0.6) is 0 Å². The minimum Gasteiger partial charge on any atom is -0.309 e. The second kappa shape index (κ2) is 7.47. The first-order valence-electron chi connectivity index (χ1n) is 7.12. The number of benzene rings is 2. The second-order valence-electron chi connectivity index (χ2n) is 5.46. The molecule has 0 N–H and O–H groups in total. The fourth-order valence-corrected chi connectivity index (χ4v) is 2.74. The molecule has 0 amide bonds. The fourth-order valence-electron chi connectivity index (χ4n) is 2.55. The molecule has 0 aliphatic carbocycles. The van der Waals surface area contributed by atoms with Crippen LogP contribution in [0.15, 0.2) is 54.6 Å². The van der Waals surface area contributed by atoms with E-state index in [2.05, 4.69) is 61.5 Å². The van der Waals surface area contributed by atoms with Crippen molar-refractivity contribution in [3.05, 3.63) is 70.7 Å². The van der Waals surface area contributed by atoms with Crippen molar-refractivity contribution >= 4 is 11.6 Å². The first-order valence-corrected chi connectivity index (χ1v) is 7.50. The van der Waals surface area contributed by atoms with E-state index in [1.54, 1.807) is 0 Å². The number of hydrogen-bond acceptors (Lipinski definition) is 1. The van der Waals surface area contributed by atoms with Gasteiger partial charge in [0, 0.05) is 10.9 Å². The molecule has 0 radical (unpaired) electrons. The van der Waals surface area contributed by atoms with E-state index in [1.165, 1.54) is 17.5 Å². The second-order valence-corrected chi connectivity index (χ2v) is 5.90. The van der Waals surface area contributed by atoms with Gasteiger partial charge in [-0.15, -0.1) is 0 Å². The van der Waals surface area contributed by atoms with Gasteiger partial charge in [0.15, 0.2) is 0 Å². The van der Waals surface area contributed by atoms with Crippen LogP contribution in [0.3, 0.4) is 0 Å². The average Bonchev–Trinajstić information content (AvgIpc) is 2.44. The van der Waals surface area contributed by atoms with Crippen molar-refractivity contribution in [2.75, 3.05) is 20.6 Å². The molecule has 2 aromatic rings. The third-order valence-corrected chi connectivity index (χ3v) is 3.79. The maximum Gasteiger partial charge on any atom is 0.0408 e. The summed E-state index contributed by atoms with van der Waals surface area (Å²) in [5, 5.41) is 0.816. The van der Waals surface area contributed by atoms with Crippen LogP contribution in [0.1, 0.15) is 29.9 Å². The van der Waals surface area contributed by atoms with Crippen LogP contribution in [0.4, 0.5) is 0 Å². The molecule has 0 saturated heterocycles. The van der Waals surface area contributed by atoms with Gasteiger partial charge in [0.05, 0.1) is 0 Å². The monoisotopic (exact) mass is 287 g/mol. The van der Waals surface area contributed by atoms with Crippen molar-refractivity contribution in [1.29, 1.82) is 0 Å². The van der Waals surface area contributed by atoms with E-state index in [4.69, 9.17) is 11.6 Å². The first-order chi connectivity index (χ1) is 9.66. The Morgan fingerprint density at radius 1 is 0.950 bits per heavy atom. The van der Waals surface area contributed by atoms with Crippen molar-refractivity contribution in [1.82, 2.24) is 4.90 Å². The predicted octanol–water partition coefficient (Wildman–Crippen LogP) is 4.81. The summed E-state index contributed by atoms with van der Waals surface area (Å²) in [6, 6.07) is 19.0. The minimum absolute atomic E-state index is 0.426. The molecule has 0 aliphatic heterocycles. The normalized spacial score (nSPS) is 12.6. The summed E-state index contributed by atoms with van der Waals surface area (Å²) in [6.45, 7) is 1.11. The van der Waals surface area contributed by atoms with Crippen molar-refractivity contribution in [2.45, 2.75) is 18.8 Å². The summed E-state index contributed by atoms with van der Waals surface area (Å²) >= 11 is 6.15. The van der Waals surface area contributed by atoms with Crippen LogP contribution in [-0.2, 0) is 0 Å². The Morgan fingerprint density at radius 2 is 1.65 bits per heavy atom. The Hall–Kier alpha value is -1.31. The Balaban J connectivity index is 2.20. The summed E-state index contributed by atoms with van der Waals surface area (Å²) in [4.78, 5) is 2.24. The molecule has 1 atom stereocenters. The van der Waals surface area contributed by atoms with Gasteiger partial charge in [0.25, 0.3) is 0 Å². The molecule has 0 spiro atoms. The van der Waals surface area contributed by atoms with Gasteiger partial charge < -0.3 is 4.90 Å². The third-order valence-electron chi connectivity index (χ3n) is 3.55. The van der Waals surface area contributed by atoms with Crippen LogP contribution in [0.25, 0.3) is 0 Å². The number of nitrogens with zero attached hydrogens (tertiary/aromatic N) is 1. The van der Waals surface area contributed by atoms with Gasteiger partial charge in [0.1, 0.15) is 0 Å².